The molecule has 1 fully saturated rings. The molecule has 0 bridgehead atoms. The Bertz CT molecular complexity index is 811. The molecule has 4 rings (SSSR count). The van der Waals surface area contributed by atoms with Crippen LogP contribution >= 0.6 is 0 Å². The van der Waals surface area contributed by atoms with Gasteiger partial charge in [0, 0.05) is 31.4 Å². The highest BCUT2D eigenvalue weighted by molar-refractivity contribution is 5.69. The molecule has 1 unspecified atom stereocenters. The molecule has 1 saturated heterocycles. The van der Waals surface area contributed by atoms with E-state index in [2.05, 4.69) is 46.6 Å². The fourth-order valence-corrected chi connectivity index (χ4v) is 3.40. The zero-order chi connectivity index (χ0) is 17.2. The molecule has 2 aromatic rings. The van der Waals surface area contributed by atoms with Crippen LogP contribution in [0.3, 0.4) is 0 Å². The molecule has 6 nitrogen and oxygen atoms in total. The van der Waals surface area contributed by atoms with Crippen molar-refractivity contribution < 1.29 is 9.53 Å². The van der Waals surface area contributed by atoms with E-state index in [1.165, 1.54) is 16.7 Å². The van der Waals surface area contributed by atoms with Gasteiger partial charge in [0.2, 0.25) is 0 Å². The van der Waals surface area contributed by atoms with Crippen molar-refractivity contribution in [3.05, 3.63) is 53.9 Å². The third-order valence-electron chi connectivity index (χ3n) is 4.82. The summed E-state index contributed by atoms with van der Waals surface area (Å²) in [5.74, 6) is 0. The molecule has 25 heavy (non-hydrogen) atoms. The van der Waals surface area contributed by atoms with Gasteiger partial charge in [0.25, 0.3) is 0 Å². The van der Waals surface area contributed by atoms with E-state index >= 15 is 0 Å². The largest absolute Gasteiger partial charge is 0.443 e. The monoisotopic (exact) mass is 338 g/mol. The summed E-state index contributed by atoms with van der Waals surface area (Å²) in [6.07, 6.45) is 6.94. The van der Waals surface area contributed by atoms with E-state index in [9.17, 15) is 4.79 Å². The van der Waals surface area contributed by atoms with Gasteiger partial charge in [-0.15, -0.1) is 0 Å². The van der Waals surface area contributed by atoms with Crippen LogP contribution in [0.15, 0.2) is 42.7 Å². The molecule has 0 radical (unpaired) electrons. The van der Waals surface area contributed by atoms with Gasteiger partial charge in [0.05, 0.1) is 18.4 Å². The van der Waals surface area contributed by atoms with Gasteiger partial charge in [-0.25, -0.2) is 9.48 Å². The number of nitrogens with zero attached hydrogens (tertiary/aromatic N) is 3. The number of hydrogen-bond acceptors (Lipinski definition) is 4. The summed E-state index contributed by atoms with van der Waals surface area (Å²) >= 11 is 0. The third-order valence-corrected chi connectivity index (χ3v) is 4.82. The zero-order valence-corrected chi connectivity index (χ0v) is 14.3. The molecular formula is C19H22N4O2. The number of ether oxygens (including phenoxy) is 1. The van der Waals surface area contributed by atoms with Crippen LogP contribution < -0.4 is 5.32 Å². The molecule has 6 heteroatoms. The second-order valence-electron chi connectivity index (χ2n) is 6.61. The summed E-state index contributed by atoms with van der Waals surface area (Å²) in [6.45, 7) is 5.33. The molecule has 130 valence electrons. The highest BCUT2D eigenvalue weighted by Crippen LogP contribution is 2.24. The van der Waals surface area contributed by atoms with E-state index in [4.69, 9.17) is 4.74 Å². The quantitative estimate of drug-likeness (QED) is 0.930. The van der Waals surface area contributed by atoms with Crippen molar-refractivity contribution in [1.29, 1.82) is 0 Å². The highest BCUT2D eigenvalue weighted by Gasteiger charge is 2.25. The van der Waals surface area contributed by atoms with Crippen molar-refractivity contribution in [2.45, 2.75) is 19.4 Å². The number of carbonyl (C=O) groups is 1. The van der Waals surface area contributed by atoms with Crippen LogP contribution in [0.4, 0.5) is 4.79 Å². The van der Waals surface area contributed by atoms with Gasteiger partial charge in [-0.2, -0.15) is 5.10 Å². The van der Waals surface area contributed by atoms with Crippen molar-refractivity contribution in [3.63, 3.8) is 0 Å². The molecule has 2 aliphatic heterocycles. The second-order valence-corrected chi connectivity index (χ2v) is 6.61. The molecular weight excluding hydrogens is 316 g/mol. The zero-order valence-electron chi connectivity index (χ0n) is 14.3. The van der Waals surface area contributed by atoms with Crippen LogP contribution in [0.5, 0.6) is 0 Å². The summed E-state index contributed by atoms with van der Waals surface area (Å²) in [6, 6.07) is 8.25. The number of nitrogens with one attached hydrogen (secondary N) is 1. The van der Waals surface area contributed by atoms with Crippen LogP contribution in [-0.4, -0.2) is 53.1 Å². The van der Waals surface area contributed by atoms with Crippen molar-refractivity contribution in [3.8, 4) is 5.69 Å². The molecule has 1 aromatic carbocycles. The number of cyclic esters (lactones) is 1. The topological polar surface area (TPSA) is 59.4 Å². The predicted octanol–water partition coefficient (Wildman–Crippen LogP) is 2.38. The highest BCUT2D eigenvalue weighted by atomic mass is 16.6. The van der Waals surface area contributed by atoms with Crippen molar-refractivity contribution in [1.82, 2.24) is 20.0 Å². The molecule has 3 heterocycles. The summed E-state index contributed by atoms with van der Waals surface area (Å²) < 4.78 is 7.16. The number of carbonyl (C=O) groups excluding carboxylic acids is 1. The molecule has 1 aromatic heterocycles. The maximum Gasteiger partial charge on any atom is 0.407 e. The van der Waals surface area contributed by atoms with Crippen LogP contribution in [-0.2, 0) is 4.74 Å². The van der Waals surface area contributed by atoms with Crippen molar-refractivity contribution >= 4 is 11.7 Å². The Labute approximate surface area is 147 Å². The summed E-state index contributed by atoms with van der Waals surface area (Å²) in [5.41, 5.74) is 4.83. The smallest absolute Gasteiger partial charge is 0.407 e. The Balaban J connectivity index is 1.42. The lowest BCUT2D eigenvalue weighted by molar-refractivity contribution is 0.112. The van der Waals surface area contributed by atoms with Crippen LogP contribution in [0, 0.1) is 6.92 Å². The lowest BCUT2D eigenvalue weighted by atomic mass is 10.0. The number of rotatable bonds is 4. The SMILES string of the molecule is Cc1ccccc1-n1cc(C2=CCN(CC3CNC(=O)O3)CC2)cn1. The number of benzene rings is 1. The first-order valence-corrected chi connectivity index (χ1v) is 8.66. The van der Waals surface area contributed by atoms with E-state index in [1.54, 1.807) is 0 Å². The molecule has 1 atom stereocenters. The summed E-state index contributed by atoms with van der Waals surface area (Å²) in [5, 5.41) is 7.23. The van der Waals surface area contributed by atoms with Gasteiger partial charge in [-0.3, -0.25) is 4.90 Å². The van der Waals surface area contributed by atoms with Gasteiger partial charge in [0.15, 0.2) is 0 Å². The summed E-state index contributed by atoms with van der Waals surface area (Å²) in [7, 11) is 0. The van der Waals surface area contributed by atoms with Gasteiger partial charge in [-0.1, -0.05) is 24.3 Å². The normalized spacial score (nSPS) is 20.9. The number of aromatic nitrogens is 2. The van der Waals surface area contributed by atoms with Gasteiger partial charge >= 0.3 is 6.09 Å². The number of amides is 1. The Morgan fingerprint density at radius 2 is 2.24 bits per heavy atom. The molecule has 0 spiro atoms. The Morgan fingerprint density at radius 3 is 2.96 bits per heavy atom. The second kappa shape index (κ2) is 6.72. The van der Waals surface area contributed by atoms with Gasteiger partial charge < -0.3 is 10.1 Å². The first kappa shape index (κ1) is 15.9. The molecule has 2 aliphatic rings. The lowest BCUT2D eigenvalue weighted by Crippen LogP contribution is -2.37. The van der Waals surface area contributed by atoms with E-state index in [0.717, 1.165) is 31.7 Å². The third kappa shape index (κ3) is 3.44. The maximum atomic E-state index is 11.1. The molecule has 0 saturated carbocycles. The van der Waals surface area contributed by atoms with Crippen LogP contribution in [0.2, 0.25) is 0 Å². The van der Waals surface area contributed by atoms with E-state index in [0.29, 0.717) is 6.54 Å². The number of aryl methyl sites for hydroxylation is 1. The van der Waals surface area contributed by atoms with Crippen molar-refractivity contribution in [2.24, 2.45) is 0 Å². The number of hydrogen-bond donors (Lipinski definition) is 1. The minimum absolute atomic E-state index is 0.0359. The Hall–Kier alpha value is -2.60. The number of para-hydroxylation sites is 1. The van der Waals surface area contributed by atoms with Crippen LogP contribution in [0.1, 0.15) is 17.5 Å². The van der Waals surface area contributed by atoms with Gasteiger partial charge in [0.1, 0.15) is 6.10 Å². The Kier molecular flexibility index (Phi) is 4.28. The fourth-order valence-electron chi connectivity index (χ4n) is 3.40. The standard InChI is InChI=1S/C19H22N4O2/c1-14-4-2-3-5-18(14)23-12-16(10-21-23)15-6-8-22(9-7-15)13-17-11-20-19(24)25-17/h2-6,10,12,17H,7-9,11,13H2,1H3,(H,20,24). The predicted molar refractivity (Wildman–Crippen MR) is 95.6 cm³/mol. The minimum atomic E-state index is -0.304. The van der Waals surface area contributed by atoms with E-state index < -0.39 is 0 Å². The summed E-state index contributed by atoms with van der Waals surface area (Å²) in [4.78, 5) is 13.4. The first-order chi connectivity index (χ1) is 12.2. The molecule has 0 aliphatic carbocycles. The maximum absolute atomic E-state index is 11.1. The number of alkyl carbamates (subject to hydrolysis) is 1. The average molecular weight is 338 g/mol. The molecule has 1 N–H and O–H groups in total. The molecule has 1 amide bonds. The average Bonchev–Trinajstić information content (AvgIpc) is 3.25. The lowest BCUT2D eigenvalue weighted by Gasteiger charge is -2.27. The minimum Gasteiger partial charge on any atom is -0.443 e. The van der Waals surface area contributed by atoms with Gasteiger partial charge in [-0.05, 0) is 30.5 Å². The fraction of sp³-hybridized carbons (Fsp3) is 0.368. The van der Waals surface area contributed by atoms with Crippen LogP contribution in [0.25, 0.3) is 11.3 Å². The first-order valence-electron chi connectivity index (χ1n) is 8.66. The van der Waals surface area contributed by atoms with E-state index in [-0.39, 0.29) is 12.2 Å². The Morgan fingerprint density at radius 1 is 1.36 bits per heavy atom. The van der Waals surface area contributed by atoms with Crippen molar-refractivity contribution in [2.75, 3.05) is 26.2 Å². The van der Waals surface area contributed by atoms with E-state index in [1.807, 2.05) is 23.0 Å².